The molecule has 3 heterocycles. The molecular weight excluding hydrogens is 344 g/mol. The molecule has 1 saturated heterocycles. The maximum absolute atomic E-state index is 12.8. The van der Waals surface area contributed by atoms with Gasteiger partial charge in [0, 0.05) is 37.1 Å². The molecule has 0 N–H and O–H groups in total. The van der Waals surface area contributed by atoms with Gasteiger partial charge >= 0.3 is 0 Å². The van der Waals surface area contributed by atoms with Crippen molar-refractivity contribution in [3.63, 3.8) is 0 Å². The van der Waals surface area contributed by atoms with Crippen LogP contribution >= 0.6 is 0 Å². The molecule has 2 aromatic heterocycles. The fourth-order valence-electron chi connectivity index (χ4n) is 3.55. The first-order chi connectivity index (χ1) is 13.1. The summed E-state index contributed by atoms with van der Waals surface area (Å²) < 4.78 is 13.0. The molecular formula is C20H22N4O3. The Morgan fingerprint density at radius 2 is 2.07 bits per heavy atom. The number of benzene rings is 1. The first-order valence-electron chi connectivity index (χ1n) is 8.97. The summed E-state index contributed by atoms with van der Waals surface area (Å²) in [5, 5.41) is 1.13. The van der Waals surface area contributed by atoms with Crippen molar-refractivity contribution >= 4 is 16.8 Å². The van der Waals surface area contributed by atoms with E-state index >= 15 is 0 Å². The third-order valence-corrected chi connectivity index (χ3v) is 4.91. The number of amides is 1. The third-order valence-electron chi connectivity index (χ3n) is 4.91. The molecule has 1 fully saturated rings. The quantitative estimate of drug-likeness (QED) is 0.692. The van der Waals surface area contributed by atoms with Gasteiger partial charge in [0.05, 0.1) is 32.5 Å². The molecule has 27 heavy (non-hydrogen) atoms. The Morgan fingerprint density at radius 3 is 2.93 bits per heavy atom. The number of aryl methyl sites for hydroxylation is 1. The SMILES string of the molecule is COc1cncc(OC2CCN(C(=O)Cc3cn(C)c4ccccc34)C2)n1. The second kappa shape index (κ2) is 7.26. The number of ether oxygens (including phenoxy) is 2. The molecule has 0 radical (unpaired) electrons. The van der Waals surface area contributed by atoms with Crippen LogP contribution in [0.5, 0.6) is 11.8 Å². The molecule has 0 spiro atoms. The normalized spacial score (nSPS) is 16.7. The molecule has 0 bridgehead atoms. The fourth-order valence-corrected chi connectivity index (χ4v) is 3.55. The topological polar surface area (TPSA) is 69.5 Å². The summed E-state index contributed by atoms with van der Waals surface area (Å²) >= 11 is 0. The van der Waals surface area contributed by atoms with Crippen LogP contribution in [0.3, 0.4) is 0 Å². The largest absolute Gasteiger partial charge is 0.480 e. The lowest BCUT2D eigenvalue weighted by Crippen LogP contribution is -2.32. The Bertz CT molecular complexity index is 969. The number of hydrogen-bond acceptors (Lipinski definition) is 5. The summed E-state index contributed by atoms with van der Waals surface area (Å²) in [6, 6.07) is 8.15. The van der Waals surface area contributed by atoms with Gasteiger partial charge in [-0.05, 0) is 11.6 Å². The maximum atomic E-state index is 12.8. The van der Waals surface area contributed by atoms with E-state index in [1.165, 1.54) is 13.3 Å². The number of nitrogens with zero attached hydrogens (tertiary/aromatic N) is 4. The minimum atomic E-state index is -0.0807. The molecule has 7 nitrogen and oxygen atoms in total. The summed E-state index contributed by atoms with van der Waals surface area (Å²) in [6.07, 6.45) is 6.22. The number of carbonyl (C=O) groups excluding carboxylic acids is 1. The van der Waals surface area contributed by atoms with Crippen LogP contribution in [0.15, 0.2) is 42.9 Å². The van der Waals surface area contributed by atoms with Gasteiger partial charge in [0.2, 0.25) is 17.7 Å². The lowest BCUT2D eigenvalue weighted by molar-refractivity contribution is -0.129. The van der Waals surface area contributed by atoms with Crippen LogP contribution in [0.25, 0.3) is 10.9 Å². The van der Waals surface area contributed by atoms with Crippen LogP contribution in [0.2, 0.25) is 0 Å². The second-order valence-electron chi connectivity index (χ2n) is 6.73. The highest BCUT2D eigenvalue weighted by Crippen LogP contribution is 2.23. The Morgan fingerprint density at radius 1 is 1.26 bits per heavy atom. The van der Waals surface area contributed by atoms with Gasteiger partial charge in [-0.3, -0.25) is 9.78 Å². The number of methoxy groups -OCH3 is 1. The molecule has 140 valence electrons. The zero-order valence-corrected chi connectivity index (χ0v) is 15.5. The molecule has 7 heteroatoms. The van der Waals surface area contributed by atoms with Crippen molar-refractivity contribution in [1.82, 2.24) is 19.4 Å². The second-order valence-corrected chi connectivity index (χ2v) is 6.73. The number of carbonyl (C=O) groups is 1. The smallest absolute Gasteiger partial charge is 0.235 e. The summed E-state index contributed by atoms with van der Waals surface area (Å²) in [7, 11) is 3.54. The van der Waals surface area contributed by atoms with Crippen molar-refractivity contribution in [3.05, 3.63) is 48.4 Å². The van der Waals surface area contributed by atoms with Crippen LogP contribution in [-0.2, 0) is 18.3 Å². The zero-order chi connectivity index (χ0) is 18.8. The predicted molar refractivity (Wildman–Crippen MR) is 101 cm³/mol. The summed E-state index contributed by atoms with van der Waals surface area (Å²) in [6.45, 7) is 1.24. The van der Waals surface area contributed by atoms with Gasteiger partial charge in [-0.2, -0.15) is 4.98 Å². The van der Waals surface area contributed by atoms with Crippen LogP contribution in [0.4, 0.5) is 0 Å². The van der Waals surface area contributed by atoms with Crippen molar-refractivity contribution in [2.75, 3.05) is 20.2 Å². The first-order valence-corrected chi connectivity index (χ1v) is 8.97. The van der Waals surface area contributed by atoms with E-state index in [0.29, 0.717) is 31.3 Å². The summed E-state index contributed by atoms with van der Waals surface area (Å²) in [5.74, 6) is 0.950. The molecule has 1 aliphatic rings. The Labute approximate surface area is 157 Å². The van der Waals surface area contributed by atoms with Gasteiger partial charge in [-0.25, -0.2) is 0 Å². The standard InChI is InChI=1S/C20H22N4O3/c1-23-12-14(16-5-3-4-6-17(16)23)9-20(25)24-8-7-15(13-24)27-19-11-21-10-18(22-19)26-2/h3-6,10-12,15H,7-9,13H2,1-2H3. The molecule has 4 rings (SSSR count). The maximum Gasteiger partial charge on any atom is 0.235 e. The van der Waals surface area contributed by atoms with Gasteiger partial charge in [0.25, 0.3) is 0 Å². The van der Waals surface area contributed by atoms with Gasteiger partial charge in [-0.1, -0.05) is 18.2 Å². The molecule has 1 aromatic carbocycles. The summed E-state index contributed by atoms with van der Waals surface area (Å²) in [4.78, 5) is 22.9. The van der Waals surface area contributed by atoms with Crippen molar-refractivity contribution in [1.29, 1.82) is 0 Å². The highest BCUT2D eigenvalue weighted by Gasteiger charge is 2.28. The van der Waals surface area contributed by atoms with Gasteiger partial charge in [0.1, 0.15) is 6.10 Å². The molecule has 1 aliphatic heterocycles. The fraction of sp³-hybridized carbons (Fsp3) is 0.350. The van der Waals surface area contributed by atoms with Crippen LogP contribution in [0.1, 0.15) is 12.0 Å². The van der Waals surface area contributed by atoms with E-state index in [4.69, 9.17) is 9.47 Å². The third kappa shape index (κ3) is 3.58. The first kappa shape index (κ1) is 17.3. The monoisotopic (exact) mass is 366 g/mol. The molecule has 0 saturated carbocycles. The number of aromatic nitrogens is 3. The molecule has 0 aliphatic carbocycles. The number of rotatable bonds is 5. The van der Waals surface area contributed by atoms with E-state index in [2.05, 4.69) is 26.7 Å². The van der Waals surface area contributed by atoms with Gasteiger partial charge in [-0.15, -0.1) is 0 Å². The lowest BCUT2D eigenvalue weighted by Gasteiger charge is -2.17. The molecule has 1 amide bonds. The molecule has 3 aromatic rings. The van der Waals surface area contributed by atoms with Crippen molar-refractivity contribution < 1.29 is 14.3 Å². The predicted octanol–water partition coefficient (Wildman–Crippen LogP) is 2.20. The number of para-hydroxylation sites is 1. The number of hydrogen-bond donors (Lipinski definition) is 0. The molecule has 1 atom stereocenters. The van der Waals surface area contributed by atoms with Gasteiger partial charge < -0.3 is 18.9 Å². The van der Waals surface area contributed by atoms with E-state index in [1.54, 1.807) is 6.20 Å². The van der Waals surface area contributed by atoms with E-state index in [1.807, 2.05) is 30.3 Å². The Kier molecular flexibility index (Phi) is 4.66. The number of likely N-dealkylation sites (tertiary alicyclic amines) is 1. The van der Waals surface area contributed by atoms with Crippen molar-refractivity contribution in [2.45, 2.75) is 18.9 Å². The molecule has 1 unspecified atom stereocenters. The zero-order valence-electron chi connectivity index (χ0n) is 15.5. The minimum Gasteiger partial charge on any atom is -0.480 e. The van der Waals surface area contributed by atoms with E-state index in [-0.39, 0.29) is 12.0 Å². The van der Waals surface area contributed by atoms with Crippen LogP contribution in [-0.4, -0.2) is 51.6 Å². The van der Waals surface area contributed by atoms with Gasteiger partial charge in [0.15, 0.2) is 0 Å². The summed E-state index contributed by atoms with van der Waals surface area (Å²) in [5.41, 5.74) is 2.20. The van der Waals surface area contributed by atoms with Crippen molar-refractivity contribution in [2.24, 2.45) is 7.05 Å². The minimum absolute atomic E-state index is 0.0807. The average molecular weight is 366 g/mol. The highest BCUT2D eigenvalue weighted by molar-refractivity contribution is 5.89. The highest BCUT2D eigenvalue weighted by atomic mass is 16.5. The van der Waals surface area contributed by atoms with Crippen LogP contribution in [0, 0.1) is 0 Å². The van der Waals surface area contributed by atoms with Crippen molar-refractivity contribution in [3.8, 4) is 11.8 Å². The number of fused-ring (bicyclic) bond motifs is 1. The van der Waals surface area contributed by atoms with E-state index in [0.717, 1.165) is 22.9 Å². The lowest BCUT2D eigenvalue weighted by atomic mass is 10.1. The van der Waals surface area contributed by atoms with E-state index in [9.17, 15) is 4.79 Å². The Hall–Kier alpha value is -3.09. The van der Waals surface area contributed by atoms with Crippen LogP contribution < -0.4 is 9.47 Å². The Balaban J connectivity index is 1.40. The van der Waals surface area contributed by atoms with E-state index < -0.39 is 0 Å². The average Bonchev–Trinajstić information content (AvgIpc) is 3.27.